The molecule has 1 rings (SSSR count). The van der Waals surface area contributed by atoms with E-state index in [0.29, 0.717) is 0 Å². The van der Waals surface area contributed by atoms with Crippen LogP contribution in [-0.4, -0.2) is 15.3 Å². The Kier molecular flexibility index (Phi) is 3.27. The number of hydrogen-bond acceptors (Lipinski definition) is 3. The van der Waals surface area contributed by atoms with E-state index in [1.54, 1.807) is 0 Å². The van der Waals surface area contributed by atoms with Crippen LogP contribution in [0.25, 0.3) is 0 Å². The highest BCUT2D eigenvalue weighted by Crippen LogP contribution is 2.25. The third-order valence-corrected chi connectivity index (χ3v) is 2.10. The SMILES string of the molecule is CCCn1nc(C)c(N)c1NC(C)(C)C. The molecular formula is C11H22N4. The minimum absolute atomic E-state index is 0.00604. The Morgan fingerprint density at radius 2 is 2.00 bits per heavy atom. The van der Waals surface area contributed by atoms with Gasteiger partial charge in [0.25, 0.3) is 0 Å². The fourth-order valence-corrected chi connectivity index (χ4v) is 1.46. The van der Waals surface area contributed by atoms with Gasteiger partial charge in [-0.25, -0.2) is 4.68 Å². The molecule has 0 spiro atoms. The lowest BCUT2D eigenvalue weighted by Crippen LogP contribution is -2.28. The van der Waals surface area contributed by atoms with Crippen molar-refractivity contribution in [3.63, 3.8) is 0 Å². The average Bonchev–Trinajstić information content (AvgIpc) is 2.32. The number of anilines is 2. The van der Waals surface area contributed by atoms with E-state index in [2.05, 4.69) is 38.1 Å². The van der Waals surface area contributed by atoms with Crippen LogP contribution >= 0.6 is 0 Å². The summed E-state index contributed by atoms with van der Waals surface area (Å²) < 4.78 is 1.95. The summed E-state index contributed by atoms with van der Waals surface area (Å²) in [5.74, 6) is 0.946. The van der Waals surface area contributed by atoms with Gasteiger partial charge in [-0.05, 0) is 34.1 Å². The Balaban J connectivity index is 3.02. The molecular weight excluding hydrogens is 188 g/mol. The number of nitrogen functional groups attached to an aromatic ring is 1. The molecule has 15 heavy (non-hydrogen) atoms. The number of aryl methyl sites for hydroxylation is 2. The normalized spacial score (nSPS) is 11.8. The summed E-state index contributed by atoms with van der Waals surface area (Å²) in [5, 5.41) is 7.81. The van der Waals surface area contributed by atoms with Crippen LogP contribution < -0.4 is 11.1 Å². The average molecular weight is 210 g/mol. The molecule has 0 bridgehead atoms. The minimum Gasteiger partial charge on any atom is -0.394 e. The molecule has 0 fully saturated rings. The van der Waals surface area contributed by atoms with E-state index in [9.17, 15) is 0 Å². The summed E-state index contributed by atoms with van der Waals surface area (Å²) in [4.78, 5) is 0. The predicted molar refractivity (Wildman–Crippen MR) is 65.0 cm³/mol. The molecule has 0 saturated carbocycles. The van der Waals surface area contributed by atoms with Crippen molar-refractivity contribution < 1.29 is 0 Å². The maximum Gasteiger partial charge on any atom is 0.148 e. The van der Waals surface area contributed by atoms with Crippen LogP contribution in [0.4, 0.5) is 11.5 Å². The highest BCUT2D eigenvalue weighted by Gasteiger charge is 2.17. The van der Waals surface area contributed by atoms with Gasteiger partial charge < -0.3 is 11.1 Å². The minimum atomic E-state index is 0.00604. The molecule has 1 aromatic rings. The molecule has 0 aliphatic heterocycles. The van der Waals surface area contributed by atoms with Crippen LogP contribution in [0.15, 0.2) is 0 Å². The van der Waals surface area contributed by atoms with Crippen LogP contribution in [0.5, 0.6) is 0 Å². The Labute approximate surface area is 91.8 Å². The molecule has 0 aliphatic carbocycles. The van der Waals surface area contributed by atoms with Gasteiger partial charge >= 0.3 is 0 Å². The molecule has 4 heteroatoms. The lowest BCUT2D eigenvalue weighted by molar-refractivity contribution is 0.573. The van der Waals surface area contributed by atoms with Crippen LogP contribution in [0.1, 0.15) is 39.8 Å². The fraction of sp³-hybridized carbons (Fsp3) is 0.727. The summed E-state index contributed by atoms with van der Waals surface area (Å²) >= 11 is 0. The first-order valence-corrected chi connectivity index (χ1v) is 5.46. The number of aromatic nitrogens is 2. The van der Waals surface area contributed by atoms with Crippen molar-refractivity contribution >= 4 is 11.5 Å². The van der Waals surface area contributed by atoms with Gasteiger partial charge in [-0.15, -0.1) is 0 Å². The zero-order chi connectivity index (χ0) is 11.6. The van der Waals surface area contributed by atoms with Gasteiger partial charge in [0, 0.05) is 12.1 Å². The molecule has 0 saturated heterocycles. The highest BCUT2D eigenvalue weighted by atomic mass is 15.3. The van der Waals surface area contributed by atoms with Gasteiger partial charge in [0.05, 0.1) is 11.4 Å². The molecule has 86 valence electrons. The van der Waals surface area contributed by atoms with Crippen molar-refractivity contribution in [2.45, 2.75) is 53.1 Å². The van der Waals surface area contributed by atoms with Crippen molar-refractivity contribution in [2.75, 3.05) is 11.1 Å². The third-order valence-electron chi connectivity index (χ3n) is 2.10. The monoisotopic (exact) mass is 210 g/mol. The van der Waals surface area contributed by atoms with Crippen molar-refractivity contribution in [1.29, 1.82) is 0 Å². The second-order valence-electron chi connectivity index (χ2n) is 4.95. The molecule has 0 amide bonds. The summed E-state index contributed by atoms with van der Waals surface area (Å²) in [7, 11) is 0. The summed E-state index contributed by atoms with van der Waals surface area (Å²) in [5.41, 5.74) is 7.66. The summed E-state index contributed by atoms with van der Waals surface area (Å²) in [6.07, 6.45) is 1.05. The lowest BCUT2D eigenvalue weighted by atomic mass is 10.1. The van der Waals surface area contributed by atoms with E-state index < -0.39 is 0 Å². The molecule has 0 radical (unpaired) electrons. The molecule has 3 N–H and O–H groups in total. The Morgan fingerprint density at radius 1 is 1.40 bits per heavy atom. The smallest absolute Gasteiger partial charge is 0.148 e. The van der Waals surface area contributed by atoms with Gasteiger partial charge in [0.2, 0.25) is 0 Å². The van der Waals surface area contributed by atoms with E-state index in [-0.39, 0.29) is 5.54 Å². The zero-order valence-corrected chi connectivity index (χ0v) is 10.4. The van der Waals surface area contributed by atoms with Gasteiger partial charge in [0.1, 0.15) is 5.82 Å². The molecule has 0 aliphatic rings. The van der Waals surface area contributed by atoms with Gasteiger partial charge in [-0.1, -0.05) is 6.92 Å². The van der Waals surface area contributed by atoms with Gasteiger partial charge in [0.15, 0.2) is 0 Å². The third kappa shape index (κ3) is 2.88. The van der Waals surface area contributed by atoms with Crippen molar-refractivity contribution in [2.24, 2.45) is 0 Å². The van der Waals surface area contributed by atoms with Crippen LogP contribution in [-0.2, 0) is 6.54 Å². The summed E-state index contributed by atoms with van der Waals surface area (Å²) in [6, 6.07) is 0. The number of hydrogen-bond donors (Lipinski definition) is 2. The Hall–Kier alpha value is -1.19. The zero-order valence-electron chi connectivity index (χ0n) is 10.4. The largest absolute Gasteiger partial charge is 0.394 e. The molecule has 1 heterocycles. The number of nitrogens with one attached hydrogen (secondary N) is 1. The second-order valence-corrected chi connectivity index (χ2v) is 4.95. The lowest BCUT2D eigenvalue weighted by Gasteiger charge is -2.23. The molecule has 0 aromatic carbocycles. The first-order valence-electron chi connectivity index (χ1n) is 5.46. The Bertz CT molecular complexity index is 333. The fourth-order valence-electron chi connectivity index (χ4n) is 1.46. The highest BCUT2D eigenvalue weighted by molar-refractivity contribution is 5.65. The molecule has 4 nitrogen and oxygen atoms in total. The van der Waals surface area contributed by atoms with E-state index in [4.69, 9.17) is 5.73 Å². The van der Waals surface area contributed by atoms with Gasteiger partial charge in [-0.2, -0.15) is 5.10 Å². The van der Waals surface area contributed by atoms with E-state index in [1.807, 2.05) is 11.6 Å². The molecule has 0 unspecified atom stereocenters. The number of nitrogens with two attached hydrogens (primary N) is 1. The molecule has 0 atom stereocenters. The second kappa shape index (κ2) is 4.13. The van der Waals surface area contributed by atoms with Crippen LogP contribution in [0.3, 0.4) is 0 Å². The number of nitrogens with zero attached hydrogens (tertiary/aromatic N) is 2. The topological polar surface area (TPSA) is 55.9 Å². The first kappa shape index (κ1) is 11.9. The van der Waals surface area contributed by atoms with E-state index in [0.717, 1.165) is 30.2 Å². The summed E-state index contributed by atoms with van der Waals surface area (Å²) in [6.45, 7) is 11.3. The standard InChI is InChI=1S/C11H22N4/c1-6-7-15-10(13-11(3,4)5)9(12)8(2)14-15/h13H,6-7,12H2,1-5H3. The Morgan fingerprint density at radius 3 is 2.47 bits per heavy atom. The van der Waals surface area contributed by atoms with E-state index >= 15 is 0 Å². The van der Waals surface area contributed by atoms with E-state index in [1.165, 1.54) is 0 Å². The van der Waals surface area contributed by atoms with Crippen LogP contribution in [0, 0.1) is 6.92 Å². The maximum absolute atomic E-state index is 6.00. The predicted octanol–water partition coefficient (Wildman–Crippen LogP) is 2.39. The van der Waals surface area contributed by atoms with Gasteiger partial charge in [-0.3, -0.25) is 0 Å². The number of rotatable bonds is 3. The van der Waals surface area contributed by atoms with Crippen molar-refractivity contribution in [1.82, 2.24) is 9.78 Å². The van der Waals surface area contributed by atoms with Crippen molar-refractivity contribution in [3.8, 4) is 0 Å². The first-order chi connectivity index (χ1) is 6.85. The quantitative estimate of drug-likeness (QED) is 0.805. The maximum atomic E-state index is 6.00. The molecule has 1 aromatic heterocycles. The van der Waals surface area contributed by atoms with Crippen LogP contribution in [0.2, 0.25) is 0 Å². The van der Waals surface area contributed by atoms with Crippen molar-refractivity contribution in [3.05, 3.63) is 5.69 Å².